The Bertz CT molecular complexity index is 622. The van der Waals surface area contributed by atoms with Gasteiger partial charge in [0.15, 0.2) is 0 Å². The summed E-state index contributed by atoms with van der Waals surface area (Å²) in [5, 5.41) is 29.7. The molecule has 0 radical (unpaired) electrons. The quantitative estimate of drug-likeness (QED) is 0.477. The van der Waals surface area contributed by atoms with Crippen molar-refractivity contribution in [2.24, 2.45) is 35.5 Å². The van der Waals surface area contributed by atoms with Crippen LogP contribution in [0, 0.1) is 35.5 Å². The summed E-state index contributed by atoms with van der Waals surface area (Å²) < 4.78 is 15.8. The highest BCUT2D eigenvalue weighted by Crippen LogP contribution is 2.53. The van der Waals surface area contributed by atoms with E-state index in [0.717, 1.165) is 0 Å². The van der Waals surface area contributed by atoms with E-state index < -0.39 is 53.4 Å². The Morgan fingerprint density at radius 3 is 1.22 bits per heavy atom. The molecule has 1 aliphatic carbocycles. The van der Waals surface area contributed by atoms with Crippen LogP contribution in [0.5, 0.6) is 0 Å². The van der Waals surface area contributed by atoms with Crippen LogP contribution in [-0.4, -0.2) is 71.4 Å². The van der Waals surface area contributed by atoms with Gasteiger partial charge in [0.25, 0.3) is 0 Å². The SMILES string of the molecule is O=C(O)C1C(CC2CO2)C(CC2CO2)C(C(=O)O)C(C(=O)O)C1CC1CO1. The molecule has 0 aromatic rings. The monoisotopic (exact) mass is 384 g/mol. The van der Waals surface area contributed by atoms with Crippen molar-refractivity contribution < 1.29 is 43.9 Å². The Morgan fingerprint density at radius 1 is 0.593 bits per heavy atom. The summed E-state index contributed by atoms with van der Waals surface area (Å²) in [5.74, 6) is -8.64. The minimum Gasteiger partial charge on any atom is -0.481 e. The van der Waals surface area contributed by atoms with Crippen molar-refractivity contribution in [1.82, 2.24) is 0 Å². The molecule has 4 rings (SSSR count). The lowest BCUT2D eigenvalue weighted by atomic mass is 9.54. The zero-order chi connectivity index (χ0) is 19.3. The van der Waals surface area contributed by atoms with E-state index in [1.807, 2.05) is 0 Å². The second kappa shape index (κ2) is 7.03. The molecule has 9 unspecified atom stereocenters. The van der Waals surface area contributed by atoms with Gasteiger partial charge >= 0.3 is 17.9 Å². The largest absolute Gasteiger partial charge is 0.481 e. The first-order valence-corrected chi connectivity index (χ1v) is 9.40. The number of hydrogen-bond donors (Lipinski definition) is 3. The molecule has 9 nitrogen and oxygen atoms in total. The van der Waals surface area contributed by atoms with Crippen LogP contribution in [0.25, 0.3) is 0 Å². The van der Waals surface area contributed by atoms with Crippen molar-refractivity contribution in [1.29, 1.82) is 0 Å². The molecule has 3 N–H and O–H groups in total. The maximum atomic E-state index is 12.2. The zero-order valence-corrected chi connectivity index (χ0v) is 14.7. The number of carboxylic acids is 3. The van der Waals surface area contributed by atoms with E-state index in [0.29, 0.717) is 32.7 Å². The van der Waals surface area contributed by atoms with Crippen LogP contribution in [0.2, 0.25) is 0 Å². The predicted molar refractivity (Wildman–Crippen MR) is 86.9 cm³/mol. The minimum atomic E-state index is -1.26. The van der Waals surface area contributed by atoms with E-state index in [1.165, 1.54) is 0 Å². The first kappa shape index (κ1) is 18.6. The van der Waals surface area contributed by atoms with Crippen LogP contribution >= 0.6 is 0 Å². The summed E-state index contributed by atoms with van der Waals surface area (Å²) in [4.78, 5) is 36.4. The Morgan fingerprint density at radius 2 is 0.889 bits per heavy atom. The average molecular weight is 384 g/mol. The molecular formula is C18H24O9. The summed E-state index contributed by atoms with van der Waals surface area (Å²) in [6, 6.07) is 0. The van der Waals surface area contributed by atoms with Gasteiger partial charge in [0.05, 0.1) is 55.9 Å². The van der Waals surface area contributed by atoms with Crippen molar-refractivity contribution in [3.63, 3.8) is 0 Å². The number of aliphatic carboxylic acids is 3. The minimum absolute atomic E-state index is 0.0758. The molecule has 27 heavy (non-hydrogen) atoms. The van der Waals surface area contributed by atoms with Gasteiger partial charge < -0.3 is 29.5 Å². The Kier molecular flexibility index (Phi) is 4.85. The van der Waals surface area contributed by atoms with E-state index in [4.69, 9.17) is 14.2 Å². The van der Waals surface area contributed by atoms with Crippen LogP contribution < -0.4 is 0 Å². The van der Waals surface area contributed by atoms with Crippen molar-refractivity contribution in [3.05, 3.63) is 0 Å². The lowest BCUT2D eigenvalue weighted by molar-refractivity contribution is -0.176. The molecular weight excluding hydrogens is 360 g/mol. The number of rotatable bonds is 9. The summed E-state index contributed by atoms with van der Waals surface area (Å²) in [5.41, 5.74) is 0. The molecule has 1 saturated carbocycles. The van der Waals surface area contributed by atoms with Crippen LogP contribution in [0.1, 0.15) is 19.3 Å². The van der Waals surface area contributed by atoms with E-state index in [-0.39, 0.29) is 24.7 Å². The highest BCUT2D eigenvalue weighted by atomic mass is 16.6. The molecule has 0 aromatic carbocycles. The molecule has 9 heteroatoms. The van der Waals surface area contributed by atoms with Gasteiger partial charge in [0.1, 0.15) is 0 Å². The normalized spacial score (nSPS) is 45.1. The maximum Gasteiger partial charge on any atom is 0.307 e. The van der Waals surface area contributed by atoms with Gasteiger partial charge in [-0.25, -0.2) is 0 Å². The average Bonchev–Trinajstić information content (AvgIpc) is 3.41. The zero-order valence-electron chi connectivity index (χ0n) is 14.7. The molecule has 0 spiro atoms. The fourth-order valence-electron chi connectivity index (χ4n) is 5.10. The van der Waals surface area contributed by atoms with Crippen LogP contribution in [-0.2, 0) is 28.6 Å². The molecule has 4 aliphatic rings. The number of carboxylic acid groups (broad SMARTS) is 3. The summed E-state index contributed by atoms with van der Waals surface area (Å²) in [7, 11) is 0. The molecule has 4 fully saturated rings. The number of ether oxygens (including phenoxy) is 3. The highest BCUT2D eigenvalue weighted by molar-refractivity contribution is 5.83. The van der Waals surface area contributed by atoms with Gasteiger partial charge in [-0.15, -0.1) is 0 Å². The molecule has 3 saturated heterocycles. The van der Waals surface area contributed by atoms with Gasteiger partial charge in [-0.3, -0.25) is 14.4 Å². The van der Waals surface area contributed by atoms with Gasteiger partial charge in [0.2, 0.25) is 0 Å². The summed E-state index contributed by atoms with van der Waals surface area (Å²) in [6.07, 6.45) is 0.682. The number of epoxide rings is 3. The van der Waals surface area contributed by atoms with Gasteiger partial charge in [-0.1, -0.05) is 0 Å². The molecule has 3 aliphatic heterocycles. The van der Waals surface area contributed by atoms with Crippen molar-refractivity contribution >= 4 is 17.9 Å². The standard InChI is InChI=1S/C18H24O9/c19-16(20)13-10(1-7-4-25-7)11(2-8-5-26-8)14(17(21)22)15(18(23)24)12(13)3-9-6-27-9/h7-15H,1-6H2,(H,19,20)(H,21,22)(H,23,24). The van der Waals surface area contributed by atoms with E-state index in [9.17, 15) is 29.7 Å². The Hall–Kier alpha value is -1.71. The Balaban J connectivity index is 1.73. The van der Waals surface area contributed by atoms with E-state index in [1.54, 1.807) is 0 Å². The second-order valence-corrected chi connectivity index (χ2v) is 8.16. The lowest BCUT2D eigenvalue weighted by Crippen LogP contribution is -2.55. The van der Waals surface area contributed by atoms with Crippen molar-refractivity contribution in [2.75, 3.05) is 19.8 Å². The second-order valence-electron chi connectivity index (χ2n) is 8.16. The van der Waals surface area contributed by atoms with Gasteiger partial charge in [-0.05, 0) is 37.0 Å². The van der Waals surface area contributed by atoms with E-state index in [2.05, 4.69) is 0 Å². The number of hydrogen-bond acceptors (Lipinski definition) is 6. The molecule has 0 bridgehead atoms. The molecule has 0 aromatic heterocycles. The fraction of sp³-hybridized carbons (Fsp3) is 0.833. The summed E-state index contributed by atoms with van der Waals surface area (Å²) in [6.45, 7) is 1.50. The molecule has 3 heterocycles. The van der Waals surface area contributed by atoms with Gasteiger partial charge in [-0.2, -0.15) is 0 Å². The van der Waals surface area contributed by atoms with Crippen molar-refractivity contribution in [2.45, 2.75) is 37.6 Å². The maximum absolute atomic E-state index is 12.2. The van der Waals surface area contributed by atoms with Crippen molar-refractivity contribution in [3.8, 4) is 0 Å². The van der Waals surface area contributed by atoms with Crippen LogP contribution in [0.4, 0.5) is 0 Å². The van der Waals surface area contributed by atoms with Crippen LogP contribution in [0.15, 0.2) is 0 Å². The Labute approximate surface area is 155 Å². The lowest BCUT2D eigenvalue weighted by Gasteiger charge is -2.47. The third-order valence-electron chi connectivity index (χ3n) is 6.45. The molecule has 150 valence electrons. The topological polar surface area (TPSA) is 149 Å². The predicted octanol–water partition coefficient (Wildman–Crippen LogP) is 0.318. The van der Waals surface area contributed by atoms with E-state index >= 15 is 0 Å². The molecule has 9 atom stereocenters. The highest BCUT2D eigenvalue weighted by Gasteiger charge is 2.60. The third kappa shape index (κ3) is 3.95. The van der Waals surface area contributed by atoms with Gasteiger partial charge in [0, 0.05) is 0 Å². The fourth-order valence-corrected chi connectivity index (χ4v) is 5.10. The third-order valence-corrected chi connectivity index (χ3v) is 6.45. The first-order valence-electron chi connectivity index (χ1n) is 9.40. The first-order chi connectivity index (χ1) is 12.9. The summed E-state index contributed by atoms with van der Waals surface area (Å²) >= 11 is 0. The number of carbonyl (C=O) groups is 3. The molecule has 0 amide bonds. The smallest absolute Gasteiger partial charge is 0.307 e. The van der Waals surface area contributed by atoms with Crippen LogP contribution in [0.3, 0.4) is 0 Å².